The van der Waals surface area contributed by atoms with Crippen molar-refractivity contribution in [1.82, 2.24) is 9.97 Å². The van der Waals surface area contributed by atoms with Crippen LogP contribution in [0, 0.1) is 16.1 Å². The molecule has 0 saturated carbocycles. The average Bonchev–Trinajstić information content (AvgIpc) is 2.59. The second kappa shape index (κ2) is 6.95. The zero-order valence-corrected chi connectivity index (χ0v) is 13.6. The minimum Gasteiger partial charge on any atom is -0.493 e. The molecule has 0 unspecified atom stereocenters. The Morgan fingerprint density at radius 1 is 1.22 bits per heavy atom. The van der Waals surface area contributed by atoms with E-state index in [1.807, 2.05) is 6.07 Å². The summed E-state index contributed by atoms with van der Waals surface area (Å²) in [4.78, 5) is 6.87. The van der Waals surface area contributed by atoms with Crippen LogP contribution in [0.5, 0.6) is 17.2 Å². The van der Waals surface area contributed by atoms with Crippen LogP contribution in [0.15, 0.2) is 12.1 Å². The number of aromatic nitrogens is 2. The monoisotopic (exact) mass is 333 g/mol. The van der Waals surface area contributed by atoms with Crippen molar-refractivity contribution in [1.29, 1.82) is 5.26 Å². The predicted molar refractivity (Wildman–Crippen MR) is 87.0 cm³/mol. The van der Waals surface area contributed by atoms with Gasteiger partial charge in [0.2, 0.25) is 5.75 Å². The summed E-state index contributed by atoms with van der Waals surface area (Å²) in [6.45, 7) is 0. The van der Waals surface area contributed by atoms with Crippen molar-refractivity contribution < 1.29 is 14.2 Å². The minimum absolute atomic E-state index is 0.181. The Morgan fingerprint density at radius 3 is 2.26 bits per heavy atom. The second-order valence-electron chi connectivity index (χ2n) is 4.31. The Hall–Kier alpha value is -2.83. The quantitative estimate of drug-likeness (QED) is 0.432. The molecule has 0 bridgehead atoms. The third-order valence-electron chi connectivity index (χ3n) is 3.13. The number of rotatable bonds is 5. The number of nitrogens with zero attached hydrogens (tertiary/aromatic N) is 2. The molecule has 0 saturated heterocycles. The van der Waals surface area contributed by atoms with Crippen LogP contribution in [0.4, 0.5) is 5.82 Å². The van der Waals surface area contributed by atoms with Crippen molar-refractivity contribution in [2.24, 2.45) is 5.84 Å². The molecule has 0 radical (unpaired) electrons. The molecule has 120 valence electrons. The Morgan fingerprint density at radius 2 is 1.83 bits per heavy atom. The van der Waals surface area contributed by atoms with Gasteiger partial charge in [0.25, 0.3) is 0 Å². The largest absolute Gasteiger partial charge is 0.493 e. The molecule has 0 aliphatic carbocycles. The molecule has 0 fully saturated rings. The van der Waals surface area contributed by atoms with Gasteiger partial charge in [0.15, 0.2) is 22.1 Å². The number of ether oxygens (including phenoxy) is 3. The van der Waals surface area contributed by atoms with Gasteiger partial charge < -0.3 is 24.6 Å². The lowest BCUT2D eigenvalue weighted by atomic mass is 10.1. The Bertz CT molecular complexity index is 803. The fraction of sp³-hybridized carbons (Fsp3) is 0.214. The molecule has 0 spiro atoms. The van der Waals surface area contributed by atoms with Crippen LogP contribution >= 0.6 is 12.2 Å². The summed E-state index contributed by atoms with van der Waals surface area (Å²) in [5.74, 6) is 6.93. The topological polar surface area (TPSA) is 118 Å². The maximum Gasteiger partial charge on any atom is 0.203 e. The van der Waals surface area contributed by atoms with E-state index >= 15 is 0 Å². The Labute approximate surface area is 137 Å². The van der Waals surface area contributed by atoms with Crippen molar-refractivity contribution in [2.45, 2.75) is 0 Å². The maximum atomic E-state index is 9.41. The second-order valence-corrected chi connectivity index (χ2v) is 4.70. The zero-order chi connectivity index (χ0) is 17.0. The lowest BCUT2D eigenvalue weighted by Gasteiger charge is -2.15. The van der Waals surface area contributed by atoms with E-state index in [9.17, 15) is 5.26 Å². The van der Waals surface area contributed by atoms with E-state index in [1.165, 1.54) is 21.3 Å². The number of methoxy groups -OCH3 is 3. The molecule has 1 heterocycles. The highest BCUT2D eigenvalue weighted by Crippen LogP contribution is 2.41. The van der Waals surface area contributed by atoms with Gasteiger partial charge in [-0.15, -0.1) is 0 Å². The maximum absolute atomic E-state index is 9.41. The van der Waals surface area contributed by atoms with Crippen LogP contribution in [0.1, 0.15) is 5.56 Å². The van der Waals surface area contributed by atoms with E-state index in [0.29, 0.717) is 28.5 Å². The van der Waals surface area contributed by atoms with Gasteiger partial charge in [0.05, 0.1) is 27.0 Å². The van der Waals surface area contributed by atoms with Crippen LogP contribution in [-0.2, 0) is 0 Å². The highest BCUT2D eigenvalue weighted by Gasteiger charge is 2.18. The summed E-state index contributed by atoms with van der Waals surface area (Å²) in [6, 6.07) is 5.44. The lowest BCUT2D eigenvalue weighted by molar-refractivity contribution is 0.324. The number of nitrogens with two attached hydrogens (primary N) is 1. The first-order chi connectivity index (χ1) is 11.1. The number of benzene rings is 1. The molecule has 0 amide bonds. The van der Waals surface area contributed by atoms with E-state index in [-0.39, 0.29) is 16.2 Å². The number of nitrogen functional groups attached to an aromatic ring is 1. The van der Waals surface area contributed by atoms with Gasteiger partial charge in [-0.1, -0.05) is 0 Å². The normalized spacial score (nSPS) is 9.87. The zero-order valence-electron chi connectivity index (χ0n) is 12.8. The molecule has 9 heteroatoms. The minimum atomic E-state index is 0.181. The third-order valence-corrected chi connectivity index (χ3v) is 3.33. The van der Waals surface area contributed by atoms with Crippen molar-refractivity contribution in [2.75, 3.05) is 26.8 Å². The van der Waals surface area contributed by atoms with Crippen LogP contribution in [0.2, 0.25) is 0 Å². The average molecular weight is 333 g/mol. The Kier molecular flexibility index (Phi) is 5.00. The summed E-state index contributed by atoms with van der Waals surface area (Å²) in [7, 11) is 4.53. The molecule has 4 N–H and O–H groups in total. The van der Waals surface area contributed by atoms with Gasteiger partial charge in [-0.3, -0.25) is 0 Å². The number of aromatic amines is 1. The number of hydrogen-bond acceptors (Lipinski definition) is 8. The van der Waals surface area contributed by atoms with Crippen molar-refractivity contribution >= 4 is 18.0 Å². The Balaban J connectivity index is 2.80. The molecular weight excluding hydrogens is 318 g/mol. The van der Waals surface area contributed by atoms with Crippen molar-refractivity contribution in [3.63, 3.8) is 0 Å². The number of hydrazine groups is 1. The van der Waals surface area contributed by atoms with E-state index in [4.69, 9.17) is 32.3 Å². The molecule has 2 aromatic rings. The van der Waals surface area contributed by atoms with Crippen molar-refractivity contribution in [3.8, 4) is 34.6 Å². The van der Waals surface area contributed by atoms with E-state index in [1.54, 1.807) is 12.1 Å². The van der Waals surface area contributed by atoms with Gasteiger partial charge in [0, 0.05) is 5.56 Å². The van der Waals surface area contributed by atoms with Crippen LogP contribution in [0.25, 0.3) is 11.3 Å². The molecule has 8 nitrogen and oxygen atoms in total. The summed E-state index contributed by atoms with van der Waals surface area (Å²) in [5, 5.41) is 9.41. The first-order valence-electron chi connectivity index (χ1n) is 6.41. The molecule has 0 aliphatic heterocycles. The molecule has 23 heavy (non-hydrogen) atoms. The molecule has 0 aliphatic rings. The predicted octanol–water partition coefficient (Wildman–Crippen LogP) is 1.99. The molecule has 1 aromatic heterocycles. The highest BCUT2D eigenvalue weighted by atomic mass is 32.1. The van der Waals surface area contributed by atoms with E-state index in [2.05, 4.69) is 15.4 Å². The molecular formula is C14H15N5O3S. The summed E-state index contributed by atoms with van der Waals surface area (Å²) >= 11 is 5.07. The van der Waals surface area contributed by atoms with Crippen molar-refractivity contribution in [3.05, 3.63) is 22.5 Å². The van der Waals surface area contributed by atoms with Crippen LogP contribution < -0.4 is 25.5 Å². The number of nitrogens with one attached hydrogen (secondary N) is 2. The fourth-order valence-corrected chi connectivity index (χ4v) is 2.32. The first-order valence-corrected chi connectivity index (χ1v) is 6.81. The van der Waals surface area contributed by atoms with E-state index < -0.39 is 0 Å². The number of nitriles is 1. The molecule has 0 atom stereocenters. The highest BCUT2D eigenvalue weighted by molar-refractivity contribution is 7.71. The van der Waals surface area contributed by atoms with Gasteiger partial charge in [-0.05, 0) is 24.4 Å². The lowest BCUT2D eigenvalue weighted by Crippen LogP contribution is -2.12. The molecule has 2 rings (SSSR count). The smallest absolute Gasteiger partial charge is 0.203 e. The van der Waals surface area contributed by atoms with Gasteiger partial charge in [0.1, 0.15) is 11.6 Å². The summed E-state index contributed by atoms with van der Waals surface area (Å²) < 4.78 is 16.1. The van der Waals surface area contributed by atoms with Crippen LogP contribution in [0.3, 0.4) is 0 Å². The number of anilines is 1. The fourth-order valence-electron chi connectivity index (χ4n) is 2.13. The first kappa shape index (κ1) is 16.5. The molecule has 1 aromatic carbocycles. The van der Waals surface area contributed by atoms with Gasteiger partial charge in [-0.2, -0.15) is 5.26 Å². The van der Waals surface area contributed by atoms with Crippen LogP contribution in [-0.4, -0.2) is 31.3 Å². The third kappa shape index (κ3) is 3.03. The van der Waals surface area contributed by atoms with Gasteiger partial charge in [-0.25, -0.2) is 10.8 Å². The number of hydrogen-bond donors (Lipinski definition) is 3. The summed E-state index contributed by atoms with van der Waals surface area (Å²) in [5.41, 5.74) is 3.64. The van der Waals surface area contributed by atoms with Gasteiger partial charge >= 0.3 is 0 Å². The summed E-state index contributed by atoms with van der Waals surface area (Å²) in [6.07, 6.45) is 0. The van der Waals surface area contributed by atoms with E-state index in [0.717, 1.165) is 0 Å². The number of H-pyrrole nitrogens is 1. The SMILES string of the molecule is COc1cc(-c2[nH]c(=S)nc(NN)c2C#N)cc(OC)c1OC. The standard InChI is InChI=1S/C14H15N5O3S/c1-20-9-4-7(5-10(21-2)12(9)22-3)11-8(6-15)13(19-16)18-14(23)17-11/h4-5H,16H2,1-3H3,(H2,17,18,19,23).